The van der Waals surface area contributed by atoms with Crippen molar-refractivity contribution >= 4 is 27.3 Å². The summed E-state index contributed by atoms with van der Waals surface area (Å²) in [6, 6.07) is 4.49. The predicted molar refractivity (Wildman–Crippen MR) is 115 cm³/mol. The zero-order valence-corrected chi connectivity index (χ0v) is 18.0. The molecule has 0 saturated heterocycles. The lowest BCUT2D eigenvalue weighted by atomic mass is 9.85. The predicted octanol–water partition coefficient (Wildman–Crippen LogP) is 1.99. The van der Waals surface area contributed by atoms with Gasteiger partial charge in [0.1, 0.15) is 17.1 Å². The fourth-order valence-corrected chi connectivity index (χ4v) is 6.60. The van der Waals surface area contributed by atoms with Crippen LogP contribution in [0.3, 0.4) is 0 Å². The van der Waals surface area contributed by atoms with Gasteiger partial charge in [0.05, 0.1) is 26.3 Å². The van der Waals surface area contributed by atoms with Crippen molar-refractivity contribution in [3.05, 3.63) is 58.9 Å². The summed E-state index contributed by atoms with van der Waals surface area (Å²) in [6.45, 7) is 3.54. The van der Waals surface area contributed by atoms with Gasteiger partial charge in [-0.1, -0.05) is 6.07 Å². The summed E-state index contributed by atoms with van der Waals surface area (Å²) in [5.41, 5.74) is 6.74. The van der Waals surface area contributed by atoms with Gasteiger partial charge in [-0.15, -0.1) is 0 Å². The minimum atomic E-state index is -2.81. The number of nitrogens with zero attached hydrogens (tertiary/aromatic N) is 4. The van der Waals surface area contributed by atoms with Gasteiger partial charge in [-0.25, -0.2) is 18.6 Å². The molecule has 1 fully saturated rings. The van der Waals surface area contributed by atoms with Crippen LogP contribution in [0.2, 0.25) is 0 Å². The fourth-order valence-electron chi connectivity index (χ4n) is 4.22. The molecule has 1 unspecified atom stereocenters. The number of aromatic nitrogens is 2. The first kappa shape index (κ1) is 20.5. The third-order valence-corrected chi connectivity index (χ3v) is 9.39. The van der Waals surface area contributed by atoms with Crippen LogP contribution in [0.5, 0.6) is 0 Å². The molecule has 158 valence electrons. The molecule has 2 atom stereocenters. The number of hydrogen-bond acceptors (Lipinski definition) is 6. The van der Waals surface area contributed by atoms with E-state index in [1.807, 2.05) is 0 Å². The highest BCUT2D eigenvalue weighted by atomic mass is 32.2. The van der Waals surface area contributed by atoms with Gasteiger partial charge in [-0.2, -0.15) is 0 Å². The Kier molecular flexibility index (Phi) is 4.50. The Hall–Kier alpha value is -2.81. The van der Waals surface area contributed by atoms with Crippen LogP contribution in [0.4, 0.5) is 4.39 Å². The Bertz CT molecular complexity index is 1170. The van der Waals surface area contributed by atoms with Crippen molar-refractivity contribution < 1.29 is 13.4 Å². The number of carbonyl (C=O) groups is 1. The summed E-state index contributed by atoms with van der Waals surface area (Å²) in [4.78, 5) is 25.4. The van der Waals surface area contributed by atoms with E-state index in [0.717, 1.165) is 0 Å². The van der Waals surface area contributed by atoms with E-state index in [2.05, 4.69) is 20.8 Å². The van der Waals surface area contributed by atoms with Crippen molar-refractivity contribution in [2.75, 3.05) is 7.05 Å². The standard InChI is InChI=1S/C21H24FN5O2S/c1-13-11-25-17(12-24-13)18(28)10-14-5-6-16(22)15(9-14)20(2)21(7-8-21)30(4,29)27(3)19(23)26-20/h5-6,9,11-12H,4,7-8,10H2,1-3H3,(H2,23,26)/t20-,30?/m1/s1. The number of benzene rings is 1. The number of hydrogen-bond donors (Lipinski definition) is 1. The van der Waals surface area contributed by atoms with E-state index in [1.165, 1.54) is 22.8 Å². The topological polar surface area (TPSA) is 102 Å². The number of nitrogens with two attached hydrogens (primary N) is 1. The Balaban J connectivity index is 1.75. The molecule has 1 aliphatic carbocycles. The van der Waals surface area contributed by atoms with E-state index in [4.69, 9.17) is 5.73 Å². The molecule has 4 rings (SSSR count). The Labute approximate surface area is 175 Å². The lowest BCUT2D eigenvalue weighted by Gasteiger charge is -2.45. The van der Waals surface area contributed by atoms with E-state index in [-0.39, 0.29) is 29.4 Å². The molecule has 1 spiro atoms. The minimum absolute atomic E-state index is 0.0347. The monoisotopic (exact) mass is 429 g/mol. The van der Waals surface area contributed by atoms with E-state index in [9.17, 15) is 9.00 Å². The molecule has 0 radical (unpaired) electrons. The molecule has 2 aliphatic rings. The second kappa shape index (κ2) is 6.60. The zero-order chi connectivity index (χ0) is 21.9. The second-order valence-electron chi connectivity index (χ2n) is 8.13. The van der Waals surface area contributed by atoms with Gasteiger partial charge in [0.2, 0.25) is 5.96 Å². The number of ketones is 1. The van der Waals surface area contributed by atoms with Crippen LogP contribution in [-0.4, -0.2) is 47.9 Å². The molecule has 9 heteroatoms. The molecule has 2 aromatic rings. The smallest absolute Gasteiger partial charge is 0.203 e. The third kappa shape index (κ3) is 2.83. The average molecular weight is 430 g/mol. The van der Waals surface area contributed by atoms with Crippen LogP contribution >= 0.6 is 0 Å². The summed E-state index contributed by atoms with van der Waals surface area (Å²) in [5, 5.41) is 0. The molecule has 0 amide bonds. The van der Waals surface area contributed by atoms with Crippen molar-refractivity contribution in [2.45, 2.75) is 43.4 Å². The lowest BCUT2D eigenvalue weighted by molar-refractivity contribution is 0.0987. The fraction of sp³-hybridized carbons (Fsp3) is 0.381. The van der Waals surface area contributed by atoms with Gasteiger partial charge in [0, 0.05) is 25.2 Å². The summed E-state index contributed by atoms with van der Waals surface area (Å²) >= 11 is 0. The number of halogens is 1. The minimum Gasteiger partial charge on any atom is -0.369 e. The van der Waals surface area contributed by atoms with E-state index in [0.29, 0.717) is 24.1 Å². The largest absolute Gasteiger partial charge is 0.369 e. The van der Waals surface area contributed by atoms with Gasteiger partial charge in [-0.3, -0.25) is 14.1 Å². The molecule has 2 N–H and O–H groups in total. The quantitative estimate of drug-likeness (QED) is 0.592. The first-order chi connectivity index (χ1) is 14.0. The van der Waals surface area contributed by atoms with Gasteiger partial charge in [0.25, 0.3) is 0 Å². The SMILES string of the molecule is C=S1(=O)N(C)C(N)=N[C@](C)(c2cc(CC(=O)c3cnc(C)cn3)ccc2F)C12CC2. The third-order valence-electron chi connectivity index (χ3n) is 6.29. The molecule has 30 heavy (non-hydrogen) atoms. The highest BCUT2D eigenvalue weighted by Crippen LogP contribution is 2.60. The van der Waals surface area contributed by atoms with Crippen LogP contribution in [0, 0.1) is 12.7 Å². The van der Waals surface area contributed by atoms with Crippen molar-refractivity contribution in [1.82, 2.24) is 14.3 Å². The summed E-state index contributed by atoms with van der Waals surface area (Å²) in [7, 11) is -1.21. The van der Waals surface area contributed by atoms with Crippen LogP contribution < -0.4 is 5.73 Å². The number of Topliss-reactive ketones (excluding diaryl/α,β-unsaturated/α-hetero) is 1. The number of guanidine groups is 1. The van der Waals surface area contributed by atoms with Crippen molar-refractivity contribution in [1.29, 1.82) is 0 Å². The molecule has 1 saturated carbocycles. The van der Waals surface area contributed by atoms with Gasteiger partial charge >= 0.3 is 0 Å². The molecule has 1 aromatic carbocycles. The number of carbonyl (C=O) groups excluding carboxylic acids is 1. The maximum Gasteiger partial charge on any atom is 0.203 e. The van der Waals surface area contributed by atoms with Crippen LogP contribution in [-0.2, 0) is 21.7 Å². The lowest BCUT2D eigenvalue weighted by Crippen LogP contribution is -2.58. The van der Waals surface area contributed by atoms with Crippen molar-refractivity contribution in [3.63, 3.8) is 0 Å². The van der Waals surface area contributed by atoms with Gasteiger partial charge < -0.3 is 5.73 Å². The molecule has 7 nitrogen and oxygen atoms in total. The Morgan fingerprint density at radius 3 is 2.63 bits per heavy atom. The maximum atomic E-state index is 15.0. The van der Waals surface area contributed by atoms with E-state index < -0.39 is 25.8 Å². The molecule has 0 bridgehead atoms. The van der Waals surface area contributed by atoms with Crippen LogP contribution in [0.1, 0.15) is 47.1 Å². The molecular formula is C21H24FN5O2S. The summed E-state index contributed by atoms with van der Waals surface area (Å²) in [5.74, 6) is 3.30. The molecule has 1 aliphatic heterocycles. The number of aryl methyl sites for hydroxylation is 1. The van der Waals surface area contributed by atoms with E-state index in [1.54, 1.807) is 33.0 Å². The van der Waals surface area contributed by atoms with Crippen molar-refractivity contribution in [3.8, 4) is 0 Å². The molecule has 1 aromatic heterocycles. The maximum absolute atomic E-state index is 15.0. The van der Waals surface area contributed by atoms with Crippen LogP contribution in [0.15, 0.2) is 35.6 Å². The molecular weight excluding hydrogens is 405 g/mol. The second-order valence-corrected chi connectivity index (χ2v) is 10.7. The van der Waals surface area contributed by atoms with Crippen molar-refractivity contribution in [2.24, 2.45) is 10.7 Å². The number of rotatable bonds is 4. The first-order valence-electron chi connectivity index (χ1n) is 9.59. The molecule has 2 heterocycles. The zero-order valence-electron chi connectivity index (χ0n) is 17.2. The van der Waals surface area contributed by atoms with E-state index >= 15 is 4.39 Å². The average Bonchev–Trinajstić information content (AvgIpc) is 3.51. The highest BCUT2D eigenvalue weighted by molar-refractivity contribution is 8.00. The normalized spacial score (nSPS) is 27.1. The summed E-state index contributed by atoms with van der Waals surface area (Å²) in [6.07, 6.45) is 4.21. The first-order valence-corrected chi connectivity index (χ1v) is 11.3. The highest BCUT2D eigenvalue weighted by Gasteiger charge is 2.67. The Morgan fingerprint density at radius 1 is 1.33 bits per heavy atom. The Morgan fingerprint density at radius 2 is 2.03 bits per heavy atom. The summed E-state index contributed by atoms with van der Waals surface area (Å²) < 4.78 is 29.1. The number of aliphatic imine (C=N–C) groups is 1. The van der Waals surface area contributed by atoms with Gasteiger partial charge in [-0.05, 0) is 50.3 Å². The van der Waals surface area contributed by atoms with Gasteiger partial charge in [0.15, 0.2) is 5.78 Å². The van der Waals surface area contributed by atoms with Crippen LogP contribution in [0.25, 0.3) is 0 Å².